The topological polar surface area (TPSA) is 37.3 Å². The van der Waals surface area contributed by atoms with Crippen molar-refractivity contribution >= 4 is 33.3 Å². The lowest BCUT2D eigenvalue weighted by molar-refractivity contribution is -0.123. The van der Waals surface area contributed by atoms with Crippen LogP contribution < -0.4 is 0 Å². The smallest absolute Gasteiger partial charge is 0.146 e. The van der Waals surface area contributed by atoms with Crippen molar-refractivity contribution < 1.29 is 9.90 Å². The minimum atomic E-state index is -0.853. The third-order valence-electron chi connectivity index (χ3n) is 8.15. The molecular formula is C21H28BrClO2. The van der Waals surface area contributed by atoms with Crippen LogP contribution in [-0.2, 0) is 4.79 Å². The quantitative estimate of drug-likeness (QED) is 0.509. The Morgan fingerprint density at radius 1 is 1.00 bits per heavy atom. The van der Waals surface area contributed by atoms with Gasteiger partial charge in [0.05, 0.1) is 5.33 Å². The van der Waals surface area contributed by atoms with Gasteiger partial charge in [0.1, 0.15) is 11.4 Å². The Labute approximate surface area is 164 Å². The van der Waals surface area contributed by atoms with Crippen molar-refractivity contribution in [3.63, 3.8) is 0 Å². The highest BCUT2D eigenvalue weighted by Gasteiger charge is 2.53. The SMILES string of the molecule is O=C(CBr)[C@H]1CC[C@H]2[C@@H]3CC[C@@H]4C[C@](O)(C#CCl)CC[C@@H]4[C@H]3CC[C@@H]21. The van der Waals surface area contributed by atoms with Crippen LogP contribution in [0.1, 0.15) is 57.8 Å². The first-order chi connectivity index (χ1) is 12.1. The minimum Gasteiger partial charge on any atom is -0.378 e. The predicted octanol–water partition coefficient (Wildman–Crippen LogP) is 4.76. The van der Waals surface area contributed by atoms with Crippen molar-refractivity contribution in [3.8, 4) is 11.3 Å². The van der Waals surface area contributed by atoms with Crippen molar-refractivity contribution in [1.82, 2.24) is 0 Å². The van der Waals surface area contributed by atoms with E-state index in [1.54, 1.807) is 0 Å². The molecule has 8 atom stereocenters. The molecular weight excluding hydrogens is 400 g/mol. The van der Waals surface area contributed by atoms with Gasteiger partial charge in [-0.05, 0) is 105 Å². The zero-order valence-corrected chi connectivity index (χ0v) is 17.1. The highest BCUT2D eigenvalue weighted by Crippen LogP contribution is 2.59. The number of hydrogen-bond acceptors (Lipinski definition) is 2. The van der Waals surface area contributed by atoms with Crippen LogP contribution in [0.4, 0.5) is 0 Å². The number of hydrogen-bond donors (Lipinski definition) is 1. The van der Waals surface area contributed by atoms with Crippen LogP contribution in [-0.4, -0.2) is 21.8 Å². The maximum atomic E-state index is 12.3. The number of carbonyl (C=O) groups excluding carboxylic acids is 1. The molecule has 4 saturated carbocycles. The average Bonchev–Trinajstić information content (AvgIpc) is 3.04. The Kier molecular flexibility index (Phi) is 5.26. The van der Waals surface area contributed by atoms with Crippen molar-refractivity contribution in [2.24, 2.45) is 41.4 Å². The number of halogens is 2. The molecule has 1 N–H and O–H groups in total. The van der Waals surface area contributed by atoms with Gasteiger partial charge >= 0.3 is 0 Å². The first-order valence-corrected chi connectivity index (χ1v) is 11.5. The van der Waals surface area contributed by atoms with Gasteiger partial charge in [-0.1, -0.05) is 21.9 Å². The van der Waals surface area contributed by atoms with Crippen LogP contribution in [0.25, 0.3) is 0 Å². The lowest BCUT2D eigenvalue weighted by atomic mass is 9.52. The highest BCUT2D eigenvalue weighted by atomic mass is 79.9. The van der Waals surface area contributed by atoms with E-state index in [1.165, 1.54) is 32.1 Å². The largest absolute Gasteiger partial charge is 0.378 e. The zero-order chi connectivity index (χ0) is 17.6. The molecule has 0 heterocycles. The third-order valence-corrected chi connectivity index (χ3v) is 8.80. The Hall–Kier alpha value is -0.0400. The number of aliphatic hydroxyl groups is 1. The molecule has 25 heavy (non-hydrogen) atoms. The number of carbonyl (C=O) groups is 1. The molecule has 0 aliphatic heterocycles. The summed E-state index contributed by atoms with van der Waals surface area (Å²) in [5, 5.41) is 13.6. The molecule has 2 nitrogen and oxygen atoms in total. The molecule has 138 valence electrons. The summed E-state index contributed by atoms with van der Waals surface area (Å²) in [6.07, 6.45) is 10.1. The first-order valence-electron chi connectivity index (χ1n) is 10.00. The Morgan fingerprint density at radius 3 is 2.40 bits per heavy atom. The molecule has 4 heteroatoms. The number of fused-ring (bicyclic) bond motifs is 5. The second kappa shape index (κ2) is 7.17. The van der Waals surface area contributed by atoms with Gasteiger partial charge in [-0.15, -0.1) is 0 Å². The second-order valence-corrected chi connectivity index (χ2v) is 9.76. The van der Waals surface area contributed by atoms with Crippen molar-refractivity contribution in [3.05, 3.63) is 0 Å². The van der Waals surface area contributed by atoms with Crippen LogP contribution in [0.5, 0.6) is 0 Å². The van der Waals surface area contributed by atoms with Crippen molar-refractivity contribution in [2.45, 2.75) is 63.4 Å². The van der Waals surface area contributed by atoms with Gasteiger partial charge in [-0.2, -0.15) is 0 Å². The summed E-state index contributed by atoms with van der Waals surface area (Å²) >= 11 is 8.96. The zero-order valence-electron chi connectivity index (χ0n) is 14.7. The van der Waals surface area contributed by atoms with E-state index in [2.05, 4.69) is 27.2 Å². The Balaban J connectivity index is 1.48. The molecule has 4 fully saturated rings. The van der Waals surface area contributed by atoms with Crippen LogP contribution >= 0.6 is 27.5 Å². The van der Waals surface area contributed by atoms with E-state index in [9.17, 15) is 9.90 Å². The molecule has 0 saturated heterocycles. The number of ketones is 1. The summed E-state index contributed by atoms with van der Waals surface area (Å²) in [5.74, 6) is 8.01. The number of rotatable bonds is 2. The van der Waals surface area contributed by atoms with Gasteiger partial charge in [0.25, 0.3) is 0 Å². The fourth-order valence-corrected chi connectivity index (χ4v) is 7.83. The summed E-state index contributed by atoms with van der Waals surface area (Å²) in [6.45, 7) is 0. The fourth-order valence-electron chi connectivity index (χ4n) is 7.24. The summed E-state index contributed by atoms with van der Waals surface area (Å²) in [6, 6.07) is 0. The van der Waals surface area contributed by atoms with Crippen LogP contribution in [0.2, 0.25) is 0 Å². The normalized spacial score (nSPS) is 48.5. The summed E-state index contributed by atoms with van der Waals surface area (Å²) < 4.78 is 0. The van der Waals surface area contributed by atoms with Crippen LogP contribution in [0, 0.1) is 52.7 Å². The van der Waals surface area contributed by atoms with E-state index in [-0.39, 0.29) is 0 Å². The van der Waals surface area contributed by atoms with E-state index in [1.807, 2.05) is 0 Å². The second-order valence-electron chi connectivity index (χ2n) is 9.01. The Bertz CT molecular complexity index is 596. The van der Waals surface area contributed by atoms with Crippen LogP contribution in [0.15, 0.2) is 0 Å². The molecule has 0 radical (unpaired) electrons. The molecule has 0 aromatic heterocycles. The molecule has 4 aliphatic carbocycles. The standard InChI is InChI=1S/C21H28BrClO2/c22-12-20(24)19-6-5-17-16-2-1-13-11-21(25,9-10-23)8-7-14(13)15(16)3-4-18(17)19/h13-19,25H,1-8,11-12H2/t13-,14+,15-,16-,17+,18+,19+,21-/m1/s1. The van der Waals surface area contributed by atoms with E-state index in [4.69, 9.17) is 11.6 Å². The van der Waals surface area contributed by atoms with Gasteiger partial charge in [-0.25, -0.2) is 0 Å². The van der Waals surface area contributed by atoms with E-state index in [0.29, 0.717) is 28.9 Å². The van der Waals surface area contributed by atoms with Gasteiger partial charge in [-0.3, -0.25) is 4.79 Å². The summed E-state index contributed by atoms with van der Waals surface area (Å²) in [4.78, 5) is 12.3. The first kappa shape index (κ1) is 18.3. The third kappa shape index (κ3) is 3.21. The molecule has 4 rings (SSSR count). The van der Waals surface area contributed by atoms with Crippen molar-refractivity contribution in [2.75, 3.05) is 5.33 Å². The van der Waals surface area contributed by atoms with E-state index in [0.717, 1.165) is 49.4 Å². The lowest BCUT2D eigenvalue weighted by Crippen LogP contribution is -2.48. The van der Waals surface area contributed by atoms with Gasteiger partial charge in [0, 0.05) is 11.3 Å². The molecule has 4 aliphatic rings. The number of alkyl halides is 1. The Morgan fingerprint density at radius 2 is 1.64 bits per heavy atom. The van der Waals surface area contributed by atoms with Gasteiger partial charge in [0.15, 0.2) is 0 Å². The fraction of sp³-hybridized carbons (Fsp3) is 0.857. The van der Waals surface area contributed by atoms with Crippen molar-refractivity contribution in [1.29, 1.82) is 0 Å². The minimum absolute atomic E-state index is 0.318. The lowest BCUT2D eigenvalue weighted by Gasteiger charge is -2.53. The van der Waals surface area contributed by atoms with E-state index >= 15 is 0 Å². The predicted molar refractivity (Wildman–Crippen MR) is 103 cm³/mol. The monoisotopic (exact) mass is 426 g/mol. The average molecular weight is 428 g/mol. The van der Waals surface area contributed by atoms with Gasteiger partial charge in [0.2, 0.25) is 0 Å². The highest BCUT2D eigenvalue weighted by molar-refractivity contribution is 9.09. The molecule has 0 aromatic rings. The molecule has 0 unspecified atom stereocenters. The summed E-state index contributed by atoms with van der Waals surface area (Å²) in [5.41, 5.74) is -0.853. The number of Topliss-reactive ketones (excluding diaryl/α,β-unsaturated/α-hetero) is 1. The maximum absolute atomic E-state index is 12.3. The molecule has 0 spiro atoms. The van der Waals surface area contributed by atoms with Crippen LogP contribution in [0.3, 0.4) is 0 Å². The van der Waals surface area contributed by atoms with E-state index < -0.39 is 5.60 Å². The van der Waals surface area contributed by atoms with Gasteiger partial charge < -0.3 is 5.11 Å². The molecule has 0 amide bonds. The molecule has 0 bridgehead atoms. The molecule has 0 aromatic carbocycles. The maximum Gasteiger partial charge on any atom is 0.146 e. The summed E-state index contributed by atoms with van der Waals surface area (Å²) in [7, 11) is 0.